The van der Waals surface area contributed by atoms with E-state index >= 15 is 0 Å². The maximum absolute atomic E-state index is 4.18. The van der Waals surface area contributed by atoms with Gasteiger partial charge in [0.2, 0.25) is 0 Å². The number of rotatable bonds is 4. The van der Waals surface area contributed by atoms with Crippen LogP contribution in [0.3, 0.4) is 0 Å². The van der Waals surface area contributed by atoms with Crippen LogP contribution in [0.1, 0.15) is 12.0 Å². The SMILES string of the molecule is CN(Cc1cnn(C)c1)CC1CCNC1. The maximum atomic E-state index is 4.18. The summed E-state index contributed by atoms with van der Waals surface area (Å²) >= 11 is 0. The minimum Gasteiger partial charge on any atom is -0.316 e. The Hall–Kier alpha value is -0.870. The number of nitrogens with zero attached hydrogens (tertiary/aromatic N) is 3. The van der Waals surface area contributed by atoms with Crippen LogP contribution in [0.15, 0.2) is 12.4 Å². The number of nitrogens with one attached hydrogen (secondary N) is 1. The van der Waals surface area contributed by atoms with Crippen LogP contribution in [0.4, 0.5) is 0 Å². The third-order valence-corrected chi connectivity index (χ3v) is 2.94. The van der Waals surface area contributed by atoms with Gasteiger partial charge in [-0.3, -0.25) is 4.68 Å². The van der Waals surface area contributed by atoms with Crippen molar-refractivity contribution in [3.63, 3.8) is 0 Å². The highest BCUT2D eigenvalue weighted by molar-refractivity contribution is 5.03. The number of hydrogen-bond acceptors (Lipinski definition) is 3. The summed E-state index contributed by atoms with van der Waals surface area (Å²) < 4.78 is 1.86. The lowest BCUT2D eigenvalue weighted by atomic mass is 10.1. The molecular weight excluding hydrogens is 188 g/mol. The zero-order chi connectivity index (χ0) is 10.7. The molecule has 0 bridgehead atoms. The van der Waals surface area contributed by atoms with Crippen molar-refractivity contribution in [2.45, 2.75) is 13.0 Å². The normalized spacial score (nSPS) is 21.4. The lowest BCUT2D eigenvalue weighted by molar-refractivity contribution is 0.278. The smallest absolute Gasteiger partial charge is 0.0534 e. The van der Waals surface area contributed by atoms with E-state index in [1.54, 1.807) is 0 Å². The van der Waals surface area contributed by atoms with Gasteiger partial charge < -0.3 is 10.2 Å². The topological polar surface area (TPSA) is 33.1 Å². The van der Waals surface area contributed by atoms with Crippen molar-refractivity contribution in [2.75, 3.05) is 26.7 Å². The highest BCUT2D eigenvalue weighted by Crippen LogP contribution is 2.10. The third kappa shape index (κ3) is 3.04. The predicted molar refractivity (Wildman–Crippen MR) is 60.5 cm³/mol. The Bertz CT molecular complexity index is 301. The van der Waals surface area contributed by atoms with Crippen molar-refractivity contribution in [3.8, 4) is 0 Å². The third-order valence-electron chi connectivity index (χ3n) is 2.94. The standard InChI is InChI=1S/C11H20N4/c1-14(7-10-3-4-12-5-10)8-11-6-13-15(2)9-11/h6,9-10,12H,3-5,7-8H2,1-2H3. The van der Waals surface area contributed by atoms with Crippen molar-refractivity contribution in [1.82, 2.24) is 20.0 Å². The Morgan fingerprint density at radius 2 is 2.53 bits per heavy atom. The highest BCUT2D eigenvalue weighted by Gasteiger charge is 2.16. The van der Waals surface area contributed by atoms with E-state index in [-0.39, 0.29) is 0 Å². The molecule has 1 N–H and O–H groups in total. The van der Waals surface area contributed by atoms with E-state index in [4.69, 9.17) is 0 Å². The molecular formula is C11H20N4. The minimum absolute atomic E-state index is 0.826. The minimum atomic E-state index is 0.826. The van der Waals surface area contributed by atoms with Crippen molar-refractivity contribution in [1.29, 1.82) is 0 Å². The van der Waals surface area contributed by atoms with Gasteiger partial charge in [0, 0.05) is 31.9 Å². The summed E-state index contributed by atoms with van der Waals surface area (Å²) in [6.07, 6.45) is 5.35. The quantitative estimate of drug-likeness (QED) is 0.780. The highest BCUT2D eigenvalue weighted by atomic mass is 15.2. The Morgan fingerprint density at radius 3 is 3.13 bits per heavy atom. The van der Waals surface area contributed by atoms with E-state index in [0.29, 0.717) is 0 Å². The first kappa shape index (κ1) is 10.6. The van der Waals surface area contributed by atoms with Crippen LogP contribution in [0.25, 0.3) is 0 Å². The van der Waals surface area contributed by atoms with E-state index in [1.165, 1.54) is 31.6 Å². The van der Waals surface area contributed by atoms with Gasteiger partial charge in [-0.1, -0.05) is 0 Å². The first-order valence-corrected chi connectivity index (χ1v) is 5.61. The van der Waals surface area contributed by atoms with Gasteiger partial charge >= 0.3 is 0 Å². The molecule has 15 heavy (non-hydrogen) atoms. The van der Waals surface area contributed by atoms with Crippen LogP contribution >= 0.6 is 0 Å². The molecule has 4 nitrogen and oxygen atoms in total. The summed E-state index contributed by atoms with van der Waals surface area (Å²) in [7, 11) is 4.15. The van der Waals surface area contributed by atoms with Crippen molar-refractivity contribution in [2.24, 2.45) is 13.0 Å². The molecule has 0 aliphatic carbocycles. The molecule has 2 rings (SSSR count). The lowest BCUT2D eigenvalue weighted by Crippen LogP contribution is -2.26. The van der Waals surface area contributed by atoms with Gasteiger partial charge in [-0.25, -0.2) is 0 Å². The largest absolute Gasteiger partial charge is 0.316 e. The fourth-order valence-electron chi connectivity index (χ4n) is 2.24. The van der Waals surface area contributed by atoms with Gasteiger partial charge in [-0.2, -0.15) is 5.10 Å². The molecule has 0 radical (unpaired) electrons. The molecule has 1 aliphatic rings. The van der Waals surface area contributed by atoms with Crippen LogP contribution in [0.2, 0.25) is 0 Å². The van der Waals surface area contributed by atoms with Gasteiger partial charge in [0.05, 0.1) is 6.20 Å². The van der Waals surface area contributed by atoms with E-state index in [2.05, 4.69) is 28.6 Å². The fraction of sp³-hybridized carbons (Fsp3) is 0.727. The molecule has 0 spiro atoms. The van der Waals surface area contributed by atoms with Crippen molar-refractivity contribution < 1.29 is 0 Å². The summed E-state index contributed by atoms with van der Waals surface area (Å²) in [5, 5.41) is 7.58. The summed E-state index contributed by atoms with van der Waals surface area (Å²) in [6.45, 7) is 4.55. The predicted octanol–water partition coefficient (Wildman–Crippen LogP) is 0.461. The Morgan fingerprint density at radius 1 is 1.67 bits per heavy atom. The second-order valence-electron chi connectivity index (χ2n) is 4.58. The van der Waals surface area contributed by atoms with Crippen molar-refractivity contribution in [3.05, 3.63) is 18.0 Å². The molecule has 0 aromatic carbocycles. The van der Waals surface area contributed by atoms with Gasteiger partial charge in [0.15, 0.2) is 0 Å². The fourth-order valence-corrected chi connectivity index (χ4v) is 2.24. The number of aromatic nitrogens is 2. The van der Waals surface area contributed by atoms with E-state index in [9.17, 15) is 0 Å². The molecule has 1 aromatic rings. The molecule has 1 fully saturated rings. The average molecular weight is 208 g/mol. The van der Waals surface area contributed by atoms with Crippen LogP contribution in [-0.2, 0) is 13.6 Å². The molecule has 1 unspecified atom stereocenters. The van der Waals surface area contributed by atoms with Crippen LogP contribution in [0, 0.1) is 5.92 Å². The molecule has 0 saturated carbocycles. The van der Waals surface area contributed by atoms with Gasteiger partial charge in [-0.15, -0.1) is 0 Å². The Kier molecular flexibility index (Phi) is 3.38. The first-order valence-electron chi connectivity index (χ1n) is 5.61. The van der Waals surface area contributed by atoms with E-state index < -0.39 is 0 Å². The summed E-state index contributed by atoms with van der Waals surface area (Å²) in [5.74, 6) is 0.826. The van der Waals surface area contributed by atoms with Crippen LogP contribution < -0.4 is 5.32 Å². The Balaban J connectivity index is 1.78. The number of aryl methyl sites for hydroxylation is 1. The molecule has 1 atom stereocenters. The van der Waals surface area contributed by atoms with Crippen LogP contribution in [-0.4, -0.2) is 41.4 Å². The molecule has 0 amide bonds. The van der Waals surface area contributed by atoms with E-state index in [1.807, 2.05) is 17.9 Å². The molecule has 1 aliphatic heterocycles. The van der Waals surface area contributed by atoms with Crippen LogP contribution in [0.5, 0.6) is 0 Å². The molecule has 1 aromatic heterocycles. The maximum Gasteiger partial charge on any atom is 0.0534 e. The zero-order valence-electron chi connectivity index (χ0n) is 9.61. The monoisotopic (exact) mass is 208 g/mol. The second-order valence-corrected chi connectivity index (χ2v) is 4.58. The zero-order valence-corrected chi connectivity index (χ0v) is 9.61. The second kappa shape index (κ2) is 4.77. The van der Waals surface area contributed by atoms with Crippen molar-refractivity contribution >= 4 is 0 Å². The van der Waals surface area contributed by atoms with Gasteiger partial charge in [-0.05, 0) is 32.5 Å². The molecule has 2 heterocycles. The summed E-state index contributed by atoms with van der Waals surface area (Å²) in [5.41, 5.74) is 1.30. The van der Waals surface area contributed by atoms with E-state index in [0.717, 1.165) is 12.5 Å². The average Bonchev–Trinajstić information content (AvgIpc) is 2.77. The molecule has 84 valence electrons. The summed E-state index contributed by atoms with van der Waals surface area (Å²) in [6, 6.07) is 0. The van der Waals surface area contributed by atoms with Gasteiger partial charge in [0.1, 0.15) is 0 Å². The molecule has 1 saturated heterocycles. The number of hydrogen-bond donors (Lipinski definition) is 1. The summed E-state index contributed by atoms with van der Waals surface area (Å²) in [4.78, 5) is 2.38. The van der Waals surface area contributed by atoms with Gasteiger partial charge in [0.25, 0.3) is 0 Å². The molecule has 4 heteroatoms. The first-order chi connectivity index (χ1) is 7.24. The Labute approximate surface area is 91.3 Å². The lowest BCUT2D eigenvalue weighted by Gasteiger charge is -2.19.